The number of carbonyl (C=O) groups excluding carboxylic acids is 6. The van der Waals surface area contributed by atoms with Gasteiger partial charge < -0.3 is 40.8 Å². The monoisotopic (exact) mass is 541 g/mol. The second-order valence-corrected chi connectivity index (χ2v) is 8.99. The number of amides is 5. The van der Waals surface area contributed by atoms with Gasteiger partial charge in [0, 0.05) is 24.6 Å². The van der Waals surface area contributed by atoms with Crippen LogP contribution in [-0.2, 0) is 33.4 Å². The lowest BCUT2D eigenvalue weighted by atomic mass is 9.97. The van der Waals surface area contributed by atoms with Crippen LogP contribution in [0.15, 0.2) is 12.2 Å². The molecule has 0 aromatic carbocycles. The van der Waals surface area contributed by atoms with Gasteiger partial charge in [-0.2, -0.15) is 0 Å². The van der Waals surface area contributed by atoms with E-state index in [-0.39, 0.29) is 43.7 Å². The first-order valence-corrected chi connectivity index (χ1v) is 12.4. The minimum atomic E-state index is -1.27. The van der Waals surface area contributed by atoms with Crippen LogP contribution in [0.4, 0.5) is 9.59 Å². The van der Waals surface area contributed by atoms with Gasteiger partial charge in [0.2, 0.25) is 17.7 Å². The normalized spacial score (nSPS) is 17.1. The van der Waals surface area contributed by atoms with E-state index in [4.69, 9.17) is 4.74 Å². The number of methoxy groups -OCH3 is 2. The molecule has 214 valence electrons. The largest absolute Gasteiger partial charge is 0.463 e. The van der Waals surface area contributed by atoms with E-state index in [0.717, 1.165) is 14.2 Å². The standard InChI is InChI=1S/C24H39N5O9/c1-6-38-19(30)8-7-16(12-15-9-10-25-20(15)31)27-21(32)17(11-14(2)3)28-22(33)18(29-24(35)37-5)13-26-23(34)36-4/h7-8,14-18H,6,9-13H2,1-5H3,(H,25,31)(H,26,34)(H,27,32)(H,28,33)(H,29,35)/b8-7+/t15-,16+,17-,18-/m0/s1. The molecule has 1 saturated heterocycles. The van der Waals surface area contributed by atoms with Crippen LogP contribution in [0, 0.1) is 11.8 Å². The van der Waals surface area contributed by atoms with E-state index in [9.17, 15) is 28.8 Å². The molecule has 0 saturated carbocycles. The maximum Gasteiger partial charge on any atom is 0.407 e. The van der Waals surface area contributed by atoms with Gasteiger partial charge in [-0.05, 0) is 32.1 Å². The summed E-state index contributed by atoms with van der Waals surface area (Å²) in [6.07, 6.45) is 1.97. The van der Waals surface area contributed by atoms with E-state index in [0.29, 0.717) is 13.0 Å². The Balaban J connectivity index is 3.05. The Morgan fingerprint density at radius 2 is 1.66 bits per heavy atom. The number of nitrogens with one attached hydrogen (secondary N) is 5. The molecule has 0 spiro atoms. The molecule has 0 aromatic heterocycles. The smallest absolute Gasteiger partial charge is 0.407 e. The summed E-state index contributed by atoms with van der Waals surface area (Å²) in [6, 6.07) is -3.00. The minimum Gasteiger partial charge on any atom is -0.463 e. The van der Waals surface area contributed by atoms with Gasteiger partial charge in [0.1, 0.15) is 12.1 Å². The Morgan fingerprint density at radius 3 is 2.21 bits per heavy atom. The lowest BCUT2D eigenvalue weighted by Gasteiger charge is -2.26. The fourth-order valence-corrected chi connectivity index (χ4v) is 3.67. The topological polar surface area (TPSA) is 190 Å². The summed E-state index contributed by atoms with van der Waals surface area (Å²) in [6.45, 7) is 5.75. The molecule has 0 aliphatic carbocycles. The number of hydrogen-bond acceptors (Lipinski definition) is 9. The van der Waals surface area contributed by atoms with E-state index in [1.807, 2.05) is 13.8 Å². The highest BCUT2D eigenvalue weighted by atomic mass is 16.5. The molecule has 0 radical (unpaired) electrons. The highest BCUT2D eigenvalue weighted by Gasteiger charge is 2.31. The molecule has 14 nitrogen and oxygen atoms in total. The first kappa shape index (κ1) is 32.2. The van der Waals surface area contributed by atoms with Crippen LogP contribution in [0.3, 0.4) is 0 Å². The summed E-state index contributed by atoms with van der Waals surface area (Å²) < 4.78 is 13.9. The van der Waals surface area contributed by atoms with Crippen molar-refractivity contribution in [3.05, 3.63) is 12.2 Å². The third-order valence-electron chi connectivity index (χ3n) is 5.55. The zero-order chi connectivity index (χ0) is 28.7. The zero-order valence-electron chi connectivity index (χ0n) is 22.5. The average Bonchev–Trinajstić information content (AvgIpc) is 3.27. The van der Waals surface area contributed by atoms with Crippen LogP contribution in [0.5, 0.6) is 0 Å². The van der Waals surface area contributed by atoms with Gasteiger partial charge in [-0.3, -0.25) is 14.4 Å². The third-order valence-corrected chi connectivity index (χ3v) is 5.55. The highest BCUT2D eigenvalue weighted by Crippen LogP contribution is 2.17. The predicted molar refractivity (Wildman–Crippen MR) is 135 cm³/mol. The summed E-state index contributed by atoms with van der Waals surface area (Å²) in [5.41, 5.74) is 0. The summed E-state index contributed by atoms with van der Waals surface area (Å²) >= 11 is 0. The van der Waals surface area contributed by atoms with E-state index >= 15 is 0 Å². The molecule has 1 aliphatic rings. The number of carbonyl (C=O) groups is 6. The van der Waals surface area contributed by atoms with Gasteiger partial charge in [-0.1, -0.05) is 19.9 Å². The van der Waals surface area contributed by atoms with Crippen molar-refractivity contribution in [2.45, 2.75) is 58.2 Å². The first-order chi connectivity index (χ1) is 18.0. The molecule has 5 amide bonds. The number of ether oxygens (including phenoxy) is 3. The molecular formula is C24H39N5O9. The summed E-state index contributed by atoms with van der Waals surface area (Å²) in [5, 5.41) is 12.8. The minimum absolute atomic E-state index is 0.0135. The molecule has 1 fully saturated rings. The Labute approximate surface area is 221 Å². The maximum atomic E-state index is 13.3. The molecule has 38 heavy (non-hydrogen) atoms. The van der Waals surface area contributed by atoms with Crippen molar-refractivity contribution in [1.82, 2.24) is 26.6 Å². The second kappa shape index (κ2) is 16.8. The molecule has 5 N–H and O–H groups in total. The maximum absolute atomic E-state index is 13.3. The molecule has 1 heterocycles. The van der Waals surface area contributed by atoms with Crippen molar-refractivity contribution in [3.63, 3.8) is 0 Å². The molecule has 0 unspecified atom stereocenters. The van der Waals surface area contributed by atoms with Crippen LogP contribution < -0.4 is 26.6 Å². The second-order valence-electron chi connectivity index (χ2n) is 8.99. The summed E-state index contributed by atoms with van der Waals surface area (Å²) in [4.78, 5) is 73.4. The quantitative estimate of drug-likeness (QED) is 0.112. The molecule has 1 rings (SSSR count). The fourth-order valence-electron chi connectivity index (χ4n) is 3.67. The number of rotatable bonds is 14. The van der Waals surface area contributed by atoms with Crippen LogP contribution in [0.1, 0.15) is 40.0 Å². The number of hydrogen-bond donors (Lipinski definition) is 5. The molecule has 4 atom stereocenters. The van der Waals surface area contributed by atoms with Crippen molar-refractivity contribution >= 4 is 35.9 Å². The molecule has 1 aliphatic heterocycles. The van der Waals surface area contributed by atoms with Crippen LogP contribution >= 0.6 is 0 Å². The van der Waals surface area contributed by atoms with Crippen molar-refractivity contribution in [2.24, 2.45) is 11.8 Å². The van der Waals surface area contributed by atoms with Crippen molar-refractivity contribution in [1.29, 1.82) is 0 Å². The third kappa shape index (κ3) is 11.9. The van der Waals surface area contributed by atoms with E-state index in [2.05, 4.69) is 36.1 Å². The van der Waals surface area contributed by atoms with Crippen LogP contribution in [0.2, 0.25) is 0 Å². The van der Waals surface area contributed by atoms with Gasteiger partial charge in [0.15, 0.2) is 0 Å². The highest BCUT2D eigenvalue weighted by molar-refractivity contribution is 5.92. The molecule has 0 bridgehead atoms. The average molecular weight is 542 g/mol. The SMILES string of the molecule is CCOC(=O)/C=C/[C@H](C[C@@H]1CCNC1=O)NC(=O)[C@H](CC(C)C)NC(=O)[C@H](CNC(=O)OC)NC(=O)OC. The number of esters is 1. The lowest BCUT2D eigenvalue weighted by Crippen LogP contribution is -2.57. The Kier molecular flexibility index (Phi) is 14.2. The summed E-state index contributed by atoms with van der Waals surface area (Å²) in [7, 11) is 2.25. The van der Waals surface area contributed by atoms with E-state index < -0.39 is 48.1 Å². The summed E-state index contributed by atoms with van der Waals surface area (Å²) in [5.74, 6) is -2.41. The van der Waals surface area contributed by atoms with Gasteiger partial charge in [0.05, 0.1) is 27.4 Å². The molecule has 14 heteroatoms. The Morgan fingerprint density at radius 1 is 1.00 bits per heavy atom. The van der Waals surface area contributed by atoms with Crippen molar-refractivity contribution < 1.29 is 43.0 Å². The van der Waals surface area contributed by atoms with Gasteiger partial charge >= 0.3 is 18.2 Å². The first-order valence-electron chi connectivity index (χ1n) is 12.4. The van der Waals surface area contributed by atoms with Crippen molar-refractivity contribution in [3.8, 4) is 0 Å². The van der Waals surface area contributed by atoms with Crippen LogP contribution in [-0.4, -0.2) is 87.9 Å². The predicted octanol–water partition coefficient (Wildman–Crippen LogP) is -0.272. The Hall–Kier alpha value is -3.84. The van der Waals surface area contributed by atoms with E-state index in [1.54, 1.807) is 6.92 Å². The lowest BCUT2D eigenvalue weighted by molar-refractivity contribution is -0.137. The zero-order valence-corrected chi connectivity index (χ0v) is 22.5. The van der Waals surface area contributed by atoms with Gasteiger partial charge in [-0.25, -0.2) is 14.4 Å². The van der Waals surface area contributed by atoms with Gasteiger partial charge in [0.25, 0.3) is 0 Å². The van der Waals surface area contributed by atoms with Gasteiger partial charge in [-0.15, -0.1) is 0 Å². The number of alkyl carbamates (subject to hydrolysis) is 2. The molecular weight excluding hydrogens is 502 g/mol. The Bertz CT molecular complexity index is 877. The van der Waals surface area contributed by atoms with Crippen molar-refractivity contribution in [2.75, 3.05) is 33.9 Å². The molecule has 0 aromatic rings. The van der Waals surface area contributed by atoms with Crippen LogP contribution in [0.25, 0.3) is 0 Å². The van der Waals surface area contributed by atoms with E-state index in [1.165, 1.54) is 12.2 Å². The fraction of sp³-hybridized carbons (Fsp3) is 0.667.